The topological polar surface area (TPSA) is 64.4 Å². The molecule has 1 N–H and O–H groups in total. The summed E-state index contributed by atoms with van der Waals surface area (Å²) in [6.45, 7) is 1.94. The van der Waals surface area contributed by atoms with Crippen LogP contribution in [0.15, 0.2) is 30.7 Å². The fraction of sp³-hybridized carbons (Fsp3) is 0.167. The van der Waals surface area contributed by atoms with E-state index in [4.69, 9.17) is 9.84 Å². The minimum absolute atomic E-state index is 0.0181. The van der Waals surface area contributed by atoms with Gasteiger partial charge in [0.05, 0.1) is 12.8 Å². The van der Waals surface area contributed by atoms with Crippen LogP contribution in [0.3, 0.4) is 0 Å². The van der Waals surface area contributed by atoms with Crippen molar-refractivity contribution in [1.82, 2.24) is 9.55 Å². The number of aromatic nitrogens is 2. The molecule has 0 aliphatic carbocycles. The Labute approximate surface area is 98.3 Å². The molecule has 1 heterocycles. The number of hydrogen-bond donors (Lipinski definition) is 1. The minimum Gasteiger partial charge on any atom is -0.496 e. The van der Waals surface area contributed by atoms with Gasteiger partial charge in [0.1, 0.15) is 12.1 Å². The van der Waals surface area contributed by atoms with Crippen molar-refractivity contribution in [1.29, 1.82) is 0 Å². The van der Waals surface area contributed by atoms with Crippen molar-refractivity contribution in [2.24, 2.45) is 0 Å². The third kappa shape index (κ3) is 2.13. The normalized spacial score (nSPS) is 10.2. The maximum absolute atomic E-state index is 10.7. The molecule has 0 saturated heterocycles. The lowest BCUT2D eigenvalue weighted by molar-refractivity contribution is 0.0691. The van der Waals surface area contributed by atoms with Crippen LogP contribution in [0.1, 0.15) is 16.1 Å². The van der Waals surface area contributed by atoms with Crippen LogP contribution in [0, 0.1) is 6.92 Å². The second kappa shape index (κ2) is 4.29. The Morgan fingerprint density at radius 3 is 2.82 bits per heavy atom. The largest absolute Gasteiger partial charge is 0.496 e. The molecule has 0 atom stereocenters. The summed E-state index contributed by atoms with van der Waals surface area (Å²) in [5, 5.41) is 8.79. The van der Waals surface area contributed by atoms with Crippen LogP contribution in [0.4, 0.5) is 0 Å². The van der Waals surface area contributed by atoms with Crippen LogP contribution < -0.4 is 4.74 Å². The molecule has 5 nitrogen and oxygen atoms in total. The molecule has 0 fully saturated rings. The number of nitrogens with zero attached hydrogens (tertiary/aromatic N) is 2. The van der Waals surface area contributed by atoms with Crippen LogP contribution in [-0.2, 0) is 0 Å². The summed E-state index contributed by atoms with van der Waals surface area (Å²) >= 11 is 0. The van der Waals surface area contributed by atoms with Gasteiger partial charge in [-0.25, -0.2) is 9.78 Å². The molecule has 0 saturated carbocycles. The van der Waals surface area contributed by atoms with Crippen molar-refractivity contribution < 1.29 is 14.6 Å². The van der Waals surface area contributed by atoms with Gasteiger partial charge in [0.25, 0.3) is 0 Å². The van der Waals surface area contributed by atoms with Gasteiger partial charge in [-0.05, 0) is 18.6 Å². The highest BCUT2D eigenvalue weighted by atomic mass is 16.5. The second-order valence-corrected chi connectivity index (χ2v) is 3.63. The van der Waals surface area contributed by atoms with E-state index >= 15 is 0 Å². The second-order valence-electron chi connectivity index (χ2n) is 3.63. The Balaban J connectivity index is 2.42. The van der Waals surface area contributed by atoms with Crippen LogP contribution in [0.2, 0.25) is 0 Å². The van der Waals surface area contributed by atoms with Crippen LogP contribution in [-0.4, -0.2) is 27.7 Å². The Morgan fingerprint density at radius 2 is 2.24 bits per heavy atom. The van der Waals surface area contributed by atoms with Crippen molar-refractivity contribution >= 4 is 5.97 Å². The molecule has 1 aromatic heterocycles. The lowest BCUT2D eigenvalue weighted by atomic mass is 10.2. The molecule has 0 spiro atoms. The summed E-state index contributed by atoms with van der Waals surface area (Å²) in [7, 11) is 1.60. The van der Waals surface area contributed by atoms with Gasteiger partial charge in [0.15, 0.2) is 5.69 Å². The highest BCUT2D eigenvalue weighted by molar-refractivity contribution is 5.85. The van der Waals surface area contributed by atoms with Crippen molar-refractivity contribution in [3.05, 3.63) is 42.0 Å². The van der Waals surface area contributed by atoms with E-state index in [1.165, 1.54) is 12.5 Å². The molecule has 2 rings (SSSR count). The first-order valence-electron chi connectivity index (χ1n) is 5.04. The number of carboxylic acid groups (broad SMARTS) is 1. The molecule has 2 aromatic rings. The molecule has 0 amide bonds. The van der Waals surface area contributed by atoms with Gasteiger partial charge >= 0.3 is 5.97 Å². The number of aromatic carboxylic acids is 1. The van der Waals surface area contributed by atoms with E-state index in [2.05, 4.69) is 4.98 Å². The van der Waals surface area contributed by atoms with Crippen LogP contribution in [0.5, 0.6) is 5.75 Å². The molecule has 0 radical (unpaired) electrons. The molecule has 1 aromatic carbocycles. The van der Waals surface area contributed by atoms with Gasteiger partial charge in [0.2, 0.25) is 0 Å². The van der Waals surface area contributed by atoms with E-state index in [9.17, 15) is 4.79 Å². The zero-order chi connectivity index (χ0) is 12.4. The van der Waals surface area contributed by atoms with Crippen molar-refractivity contribution in [3.63, 3.8) is 0 Å². The van der Waals surface area contributed by atoms with E-state index in [1.54, 1.807) is 11.7 Å². The van der Waals surface area contributed by atoms with Crippen LogP contribution >= 0.6 is 0 Å². The molecule has 5 heteroatoms. The Bertz CT molecular complexity index is 561. The molecule has 17 heavy (non-hydrogen) atoms. The number of benzene rings is 1. The third-order valence-electron chi connectivity index (χ3n) is 2.49. The number of carbonyl (C=O) groups is 1. The minimum atomic E-state index is -1.04. The average Bonchev–Trinajstić information content (AvgIpc) is 2.79. The van der Waals surface area contributed by atoms with Crippen molar-refractivity contribution in [2.75, 3.05) is 7.11 Å². The average molecular weight is 232 g/mol. The van der Waals surface area contributed by atoms with E-state index in [0.717, 1.165) is 17.0 Å². The van der Waals surface area contributed by atoms with E-state index in [0.29, 0.717) is 0 Å². The summed E-state index contributed by atoms with van der Waals surface area (Å²) in [5.41, 5.74) is 1.85. The Hall–Kier alpha value is -2.30. The molecule has 0 aliphatic heterocycles. The van der Waals surface area contributed by atoms with Gasteiger partial charge in [0, 0.05) is 12.3 Å². The number of aryl methyl sites for hydroxylation is 1. The molecular weight excluding hydrogens is 220 g/mol. The first-order valence-corrected chi connectivity index (χ1v) is 5.04. The van der Waals surface area contributed by atoms with Gasteiger partial charge in [-0.3, -0.25) is 0 Å². The van der Waals surface area contributed by atoms with Gasteiger partial charge in [-0.2, -0.15) is 0 Å². The first kappa shape index (κ1) is 11.2. The number of rotatable bonds is 3. The molecule has 0 bridgehead atoms. The molecular formula is C12H12N2O3. The number of ether oxygens (including phenoxy) is 1. The summed E-state index contributed by atoms with van der Waals surface area (Å²) in [6.07, 6.45) is 2.93. The van der Waals surface area contributed by atoms with E-state index in [1.807, 2.05) is 25.1 Å². The number of carboxylic acids is 1. The molecule has 0 unspecified atom stereocenters. The number of imidazole rings is 1. The maximum atomic E-state index is 10.7. The summed E-state index contributed by atoms with van der Waals surface area (Å²) < 4.78 is 6.86. The molecule has 88 valence electrons. The highest BCUT2D eigenvalue weighted by Crippen LogP contribution is 2.21. The summed E-state index contributed by atoms with van der Waals surface area (Å²) in [5.74, 6) is -0.282. The fourth-order valence-electron chi connectivity index (χ4n) is 1.54. The fourth-order valence-corrected chi connectivity index (χ4v) is 1.54. The highest BCUT2D eigenvalue weighted by Gasteiger charge is 2.08. The summed E-state index contributed by atoms with van der Waals surface area (Å²) in [6, 6.07) is 5.63. The zero-order valence-corrected chi connectivity index (χ0v) is 9.54. The van der Waals surface area contributed by atoms with Gasteiger partial charge in [-0.15, -0.1) is 0 Å². The zero-order valence-electron chi connectivity index (χ0n) is 9.54. The summed E-state index contributed by atoms with van der Waals surface area (Å²) in [4.78, 5) is 14.5. The quantitative estimate of drug-likeness (QED) is 0.877. The SMILES string of the molecule is COc1cc(-n2cnc(C(=O)O)c2)ccc1C. The smallest absolute Gasteiger partial charge is 0.356 e. The number of hydrogen-bond acceptors (Lipinski definition) is 3. The van der Waals surface area contributed by atoms with E-state index in [-0.39, 0.29) is 5.69 Å². The maximum Gasteiger partial charge on any atom is 0.356 e. The van der Waals surface area contributed by atoms with Crippen molar-refractivity contribution in [2.45, 2.75) is 6.92 Å². The first-order chi connectivity index (χ1) is 8.11. The Kier molecular flexibility index (Phi) is 2.82. The Morgan fingerprint density at radius 1 is 1.47 bits per heavy atom. The monoisotopic (exact) mass is 232 g/mol. The number of methoxy groups -OCH3 is 1. The van der Waals surface area contributed by atoms with E-state index < -0.39 is 5.97 Å². The van der Waals surface area contributed by atoms with Crippen molar-refractivity contribution in [3.8, 4) is 11.4 Å². The lowest BCUT2D eigenvalue weighted by Crippen LogP contribution is -1.96. The van der Waals surface area contributed by atoms with Crippen LogP contribution in [0.25, 0.3) is 5.69 Å². The standard InChI is InChI=1S/C12H12N2O3/c1-8-3-4-9(5-11(8)17-2)14-6-10(12(15)16)13-7-14/h3-7H,1-2H3,(H,15,16). The van der Waals surface area contributed by atoms with Gasteiger partial charge in [-0.1, -0.05) is 6.07 Å². The van der Waals surface area contributed by atoms with Gasteiger partial charge < -0.3 is 14.4 Å². The predicted molar refractivity (Wildman–Crippen MR) is 61.8 cm³/mol. The predicted octanol–water partition coefficient (Wildman–Crippen LogP) is 1.89. The molecule has 0 aliphatic rings. The third-order valence-corrected chi connectivity index (χ3v) is 2.49. The lowest BCUT2D eigenvalue weighted by Gasteiger charge is -2.07.